The molecule has 1 aliphatic carbocycles. The van der Waals surface area contributed by atoms with E-state index in [2.05, 4.69) is 24.5 Å². The van der Waals surface area contributed by atoms with E-state index in [0.29, 0.717) is 17.0 Å². The summed E-state index contributed by atoms with van der Waals surface area (Å²) in [5.41, 5.74) is 2.35. The van der Waals surface area contributed by atoms with Crippen LogP contribution in [-0.2, 0) is 6.54 Å². The van der Waals surface area contributed by atoms with Crippen LogP contribution in [0.15, 0.2) is 24.3 Å². The molecule has 3 heteroatoms. The lowest BCUT2D eigenvalue weighted by Gasteiger charge is -2.28. The number of amides is 1. The summed E-state index contributed by atoms with van der Waals surface area (Å²) in [5.74, 6) is -0.0311. The smallest absolute Gasteiger partial charge is 0.251 e. The van der Waals surface area contributed by atoms with Crippen molar-refractivity contribution in [2.75, 3.05) is 7.05 Å². The average Bonchev–Trinajstić information content (AvgIpc) is 2.75. The molecule has 0 heterocycles. The molecule has 1 amide bonds. The molecular weight excluding hydrogens is 236 g/mol. The van der Waals surface area contributed by atoms with E-state index in [1.165, 1.54) is 24.8 Å². The van der Waals surface area contributed by atoms with E-state index in [0.717, 1.165) is 6.54 Å². The lowest BCUT2D eigenvalue weighted by atomic mass is 9.87. The SMILES string of the molecule is CNC(=O)c1ccc(CNC2CCCC2(C)C)cc1. The van der Waals surface area contributed by atoms with Crippen LogP contribution in [0.1, 0.15) is 49.0 Å². The van der Waals surface area contributed by atoms with Crippen LogP contribution in [0.3, 0.4) is 0 Å². The minimum atomic E-state index is -0.0311. The minimum Gasteiger partial charge on any atom is -0.355 e. The first-order chi connectivity index (χ1) is 9.03. The van der Waals surface area contributed by atoms with Gasteiger partial charge in [-0.25, -0.2) is 0 Å². The summed E-state index contributed by atoms with van der Waals surface area (Å²) in [6.07, 6.45) is 3.89. The maximum absolute atomic E-state index is 11.5. The second-order valence-corrected chi connectivity index (χ2v) is 6.09. The van der Waals surface area contributed by atoms with Crippen LogP contribution in [-0.4, -0.2) is 19.0 Å². The van der Waals surface area contributed by atoms with Crippen LogP contribution in [0, 0.1) is 5.41 Å². The van der Waals surface area contributed by atoms with Crippen molar-refractivity contribution in [1.29, 1.82) is 0 Å². The third-order valence-corrected chi connectivity index (χ3v) is 4.25. The minimum absolute atomic E-state index is 0.0311. The molecule has 19 heavy (non-hydrogen) atoms. The first-order valence-electron chi connectivity index (χ1n) is 7.07. The van der Waals surface area contributed by atoms with Crippen molar-refractivity contribution in [1.82, 2.24) is 10.6 Å². The Morgan fingerprint density at radius 2 is 2.00 bits per heavy atom. The van der Waals surface area contributed by atoms with Gasteiger partial charge in [-0.1, -0.05) is 32.4 Å². The monoisotopic (exact) mass is 260 g/mol. The number of rotatable bonds is 4. The van der Waals surface area contributed by atoms with Gasteiger partial charge in [0.25, 0.3) is 5.91 Å². The second-order valence-electron chi connectivity index (χ2n) is 6.09. The third-order valence-electron chi connectivity index (χ3n) is 4.25. The molecule has 1 saturated carbocycles. The number of hydrogen-bond donors (Lipinski definition) is 2. The highest BCUT2D eigenvalue weighted by Crippen LogP contribution is 2.37. The lowest BCUT2D eigenvalue weighted by molar-refractivity contribution is 0.0963. The summed E-state index contributed by atoms with van der Waals surface area (Å²) >= 11 is 0. The van der Waals surface area contributed by atoms with Crippen molar-refractivity contribution in [3.05, 3.63) is 35.4 Å². The Balaban J connectivity index is 1.91. The molecule has 0 bridgehead atoms. The van der Waals surface area contributed by atoms with Crippen molar-refractivity contribution >= 4 is 5.91 Å². The Morgan fingerprint density at radius 1 is 1.32 bits per heavy atom. The Morgan fingerprint density at radius 3 is 2.53 bits per heavy atom. The van der Waals surface area contributed by atoms with Gasteiger partial charge in [0.2, 0.25) is 0 Å². The van der Waals surface area contributed by atoms with Gasteiger partial charge >= 0.3 is 0 Å². The fraction of sp³-hybridized carbons (Fsp3) is 0.562. The summed E-state index contributed by atoms with van der Waals surface area (Å²) in [5, 5.41) is 6.28. The molecule has 1 unspecified atom stereocenters. The Hall–Kier alpha value is -1.35. The summed E-state index contributed by atoms with van der Waals surface area (Å²) in [6.45, 7) is 5.56. The number of benzene rings is 1. The van der Waals surface area contributed by atoms with Gasteiger partial charge in [-0.2, -0.15) is 0 Å². The molecule has 3 nitrogen and oxygen atoms in total. The third kappa shape index (κ3) is 3.35. The predicted octanol–water partition coefficient (Wildman–Crippen LogP) is 2.71. The van der Waals surface area contributed by atoms with Gasteiger partial charge in [0.1, 0.15) is 0 Å². The predicted molar refractivity (Wildman–Crippen MR) is 78.1 cm³/mol. The first-order valence-corrected chi connectivity index (χ1v) is 7.07. The largest absolute Gasteiger partial charge is 0.355 e. The van der Waals surface area contributed by atoms with E-state index in [4.69, 9.17) is 0 Å². The van der Waals surface area contributed by atoms with E-state index in [-0.39, 0.29) is 5.91 Å². The highest BCUT2D eigenvalue weighted by atomic mass is 16.1. The fourth-order valence-corrected chi connectivity index (χ4v) is 2.86. The average molecular weight is 260 g/mol. The molecular formula is C16H24N2O. The zero-order chi connectivity index (χ0) is 13.9. The van der Waals surface area contributed by atoms with Crippen molar-refractivity contribution in [2.24, 2.45) is 5.41 Å². The second kappa shape index (κ2) is 5.74. The lowest BCUT2D eigenvalue weighted by Crippen LogP contribution is -2.37. The van der Waals surface area contributed by atoms with Gasteiger partial charge in [0.05, 0.1) is 0 Å². The van der Waals surface area contributed by atoms with E-state index in [1.54, 1.807) is 7.05 Å². The van der Waals surface area contributed by atoms with Crippen LogP contribution in [0.25, 0.3) is 0 Å². The van der Waals surface area contributed by atoms with Crippen LogP contribution in [0.4, 0.5) is 0 Å². The normalized spacial score (nSPS) is 21.3. The molecule has 1 aromatic rings. The molecule has 2 rings (SSSR count). The summed E-state index contributed by atoms with van der Waals surface area (Å²) in [6, 6.07) is 8.43. The Kier molecular flexibility index (Phi) is 4.25. The molecule has 1 aliphatic rings. The molecule has 0 spiro atoms. The summed E-state index contributed by atoms with van der Waals surface area (Å²) < 4.78 is 0. The van der Waals surface area contributed by atoms with Gasteiger partial charge in [0, 0.05) is 25.2 Å². The molecule has 0 saturated heterocycles. The van der Waals surface area contributed by atoms with Gasteiger partial charge in [-0.05, 0) is 36.0 Å². The standard InChI is InChI=1S/C16H24N2O/c1-16(2)10-4-5-14(16)18-11-12-6-8-13(9-7-12)15(19)17-3/h6-9,14,18H,4-5,10-11H2,1-3H3,(H,17,19). The van der Waals surface area contributed by atoms with E-state index < -0.39 is 0 Å². The van der Waals surface area contributed by atoms with E-state index in [9.17, 15) is 4.79 Å². The Labute approximate surface area is 115 Å². The maximum Gasteiger partial charge on any atom is 0.251 e. The van der Waals surface area contributed by atoms with Crippen LogP contribution in [0.2, 0.25) is 0 Å². The summed E-state index contributed by atoms with van der Waals surface area (Å²) in [4.78, 5) is 11.5. The molecule has 0 aromatic heterocycles. The van der Waals surface area contributed by atoms with Crippen molar-refractivity contribution in [2.45, 2.75) is 45.7 Å². The number of hydrogen-bond acceptors (Lipinski definition) is 2. The molecule has 104 valence electrons. The zero-order valence-electron chi connectivity index (χ0n) is 12.1. The van der Waals surface area contributed by atoms with Gasteiger partial charge in [-0.3, -0.25) is 4.79 Å². The zero-order valence-corrected chi connectivity index (χ0v) is 12.1. The van der Waals surface area contributed by atoms with Gasteiger partial charge in [-0.15, -0.1) is 0 Å². The molecule has 1 fully saturated rings. The number of carbonyl (C=O) groups is 1. The molecule has 1 atom stereocenters. The van der Waals surface area contributed by atoms with Crippen LogP contribution in [0.5, 0.6) is 0 Å². The summed E-state index contributed by atoms with van der Waals surface area (Å²) in [7, 11) is 1.65. The molecule has 0 radical (unpaired) electrons. The molecule has 0 aliphatic heterocycles. The molecule has 2 N–H and O–H groups in total. The Bertz CT molecular complexity index is 437. The topological polar surface area (TPSA) is 41.1 Å². The number of carbonyl (C=O) groups excluding carboxylic acids is 1. The fourth-order valence-electron chi connectivity index (χ4n) is 2.86. The maximum atomic E-state index is 11.5. The van der Waals surface area contributed by atoms with Crippen LogP contribution >= 0.6 is 0 Å². The highest BCUT2D eigenvalue weighted by Gasteiger charge is 2.33. The quantitative estimate of drug-likeness (QED) is 0.874. The van der Waals surface area contributed by atoms with Crippen molar-refractivity contribution < 1.29 is 4.79 Å². The van der Waals surface area contributed by atoms with Gasteiger partial charge in [0.15, 0.2) is 0 Å². The van der Waals surface area contributed by atoms with Gasteiger partial charge < -0.3 is 10.6 Å². The number of nitrogens with one attached hydrogen (secondary N) is 2. The van der Waals surface area contributed by atoms with Crippen molar-refractivity contribution in [3.8, 4) is 0 Å². The van der Waals surface area contributed by atoms with E-state index in [1.807, 2.05) is 24.3 Å². The first kappa shape index (κ1) is 14.1. The van der Waals surface area contributed by atoms with Crippen LogP contribution < -0.4 is 10.6 Å². The molecule has 1 aromatic carbocycles. The van der Waals surface area contributed by atoms with Crippen molar-refractivity contribution in [3.63, 3.8) is 0 Å². The highest BCUT2D eigenvalue weighted by molar-refractivity contribution is 5.93. The van der Waals surface area contributed by atoms with E-state index >= 15 is 0 Å².